The number of benzene rings is 2. The molecule has 1 unspecified atom stereocenters. The number of nitrogens with zero attached hydrogens (tertiary/aromatic N) is 1. The molecule has 0 bridgehead atoms. The van der Waals surface area contributed by atoms with Crippen molar-refractivity contribution < 1.29 is 18.7 Å². The Morgan fingerprint density at radius 1 is 1.23 bits per heavy atom. The van der Waals surface area contributed by atoms with Gasteiger partial charge in [-0.3, -0.25) is 10.3 Å². The minimum absolute atomic E-state index is 0.205. The highest BCUT2D eigenvalue weighted by molar-refractivity contribution is 9.10. The molecule has 1 aliphatic carbocycles. The minimum Gasteiger partial charge on any atom is -0.492 e. The van der Waals surface area contributed by atoms with Gasteiger partial charge in [0, 0.05) is 15.5 Å². The van der Waals surface area contributed by atoms with Gasteiger partial charge in [-0.1, -0.05) is 28.1 Å². The molecule has 3 aliphatic rings. The summed E-state index contributed by atoms with van der Waals surface area (Å²) >= 11 is 3.55. The maximum absolute atomic E-state index is 15.1. The summed E-state index contributed by atoms with van der Waals surface area (Å²) < 4.78 is 27.4. The summed E-state index contributed by atoms with van der Waals surface area (Å²) in [6.45, 7) is 5.85. The van der Waals surface area contributed by atoms with Crippen LogP contribution in [0.4, 0.5) is 9.18 Å². The summed E-state index contributed by atoms with van der Waals surface area (Å²) in [6.07, 6.45) is 1.18. The van der Waals surface area contributed by atoms with Gasteiger partial charge in [-0.2, -0.15) is 0 Å². The van der Waals surface area contributed by atoms with Crippen molar-refractivity contribution in [3.8, 4) is 5.75 Å². The number of rotatable bonds is 0. The van der Waals surface area contributed by atoms with Crippen molar-refractivity contribution in [2.45, 2.75) is 44.8 Å². The molecule has 0 radical (unpaired) electrons. The van der Waals surface area contributed by atoms with Gasteiger partial charge in [0.2, 0.25) is 0 Å². The average Bonchev–Trinajstić information content (AvgIpc) is 3.36. The summed E-state index contributed by atoms with van der Waals surface area (Å²) in [5.41, 5.74) is 0.212. The molecule has 2 aromatic rings. The molecule has 7 heteroatoms. The summed E-state index contributed by atoms with van der Waals surface area (Å²) in [5.74, 6) is 0.516. The third-order valence-corrected chi connectivity index (χ3v) is 6.49. The van der Waals surface area contributed by atoms with Crippen LogP contribution < -0.4 is 10.1 Å². The molecule has 2 aromatic carbocycles. The van der Waals surface area contributed by atoms with Crippen LogP contribution in [0.15, 0.2) is 45.9 Å². The largest absolute Gasteiger partial charge is 0.492 e. The first-order valence-electron chi connectivity index (χ1n) is 9.97. The number of carbonyl (C=O) groups excluding carboxylic acids is 1. The first kappa shape index (κ1) is 19.5. The quantitative estimate of drug-likeness (QED) is 0.566. The number of halogens is 2. The van der Waals surface area contributed by atoms with Gasteiger partial charge in [0.15, 0.2) is 0 Å². The van der Waals surface area contributed by atoms with Gasteiger partial charge in [-0.05, 0) is 63.4 Å². The fourth-order valence-electron chi connectivity index (χ4n) is 4.62. The number of hydrogen-bond donors (Lipinski definition) is 1. The van der Waals surface area contributed by atoms with E-state index in [1.165, 1.54) is 6.07 Å². The molecular weight excluding hydrogens is 451 g/mol. The van der Waals surface area contributed by atoms with Gasteiger partial charge >= 0.3 is 6.09 Å². The molecule has 5 nitrogen and oxygen atoms in total. The van der Waals surface area contributed by atoms with Crippen molar-refractivity contribution in [2.24, 2.45) is 10.4 Å². The fourth-order valence-corrected chi connectivity index (χ4v) is 4.99. The highest BCUT2D eigenvalue weighted by Crippen LogP contribution is 2.68. The van der Waals surface area contributed by atoms with Crippen molar-refractivity contribution in [1.29, 1.82) is 0 Å². The summed E-state index contributed by atoms with van der Waals surface area (Å²) in [4.78, 5) is 17.6. The van der Waals surface area contributed by atoms with Crippen LogP contribution in [-0.4, -0.2) is 24.1 Å². The third kappa shape index (κ3) is 2.78. The highest BCUT2D eigenvalue weighted by Gasteiger charge is 2.67. The zero-order chi connectivity index (χ0) is 21.3. The third-order valence-electron chi connectivity index (χ3n) is 6.00. The van der Waals surface area contributed by atoms with Crippen LogP contribution in [-0.2, 0) is 10.3 Å². The zero-order valence-electron chi connectivity index (χ0n) is 17.0. The van der Waals surface area contributed by atoms with Crippen molar-refractivity contribution in [3.63, 3.8) is 0 Å². The predicted octanol–water partition coefficient (Wildman–Crippen LogP) is 5.29. The lowest BCUT2D eigenvalue weighted by Crippen LogP contribution is -2.43. The molecule has 1 fully saturated rings. The number of amides is 1. The van der Waals surface area contributed by atoms with Gasteiger partial charge < -0.3 is 9.47 Å². The van der Waals surface area contributed by atoms with Crippen molar-refractivity contribution in [1.82, 2.24) is 5.32 Å². The van der Waals surface area contributed by atoms with E-state index in [0.717, 1.165) is 34.2 Å². The van der Waals surface area contributed by atoms with Crippen LogP contribution in [0.1, 0.15) is 50.3 Å². The SMILES string of the molecule is CC(C)(C)OC(=O)NC1=NC2(c3cc(Br)ccc3OCC23CC3)c2cccc(F)c21. The Balaban J connectivity index is 1.71. The van der Waals surface area contributed by atoms with Crippen LogP contribution >= 0.6 is 15.9 Å². The molecule has 0 saturated heterocycles. The molecular formula is C23H22BrFN2O3. The number of alkyl carbamates (subject to hydrolysis) is 1. The van der Waals surface area contributed by atoms with Gasteiger partial charge in [0.25, 0.3) is 0 Å². The smallest absolute Gasteiger partial charge is 0.413 e. The van der Waals surface area contributed by atoms with Gasteiger partial charge in [-0.15, -0.1) is 0 Å². The molecule has 2 heterocycles. The number of carbonyl (C=O) groups is 1. The lowest BCUT2D eigenvalue weighted by atomic mass is 9.69. The van der Waals surface area contributed by atoms with Crippen LogP contribution in [0.2, 0.25) is 0 Å². The van der Waals surface area contributed by atoms with Gasteiger partial charge in [0.1, 0.15) is 28.5 Å². The molecule has 30 heavy (non-hydrogen) atoms. The topological polar surface area (TPSA) is 59.9 Å². The Kier molecular flexibility index (Phi) is 4.10. The van der Waals surface area contributed by atoms with E-state index in [9.17, 15) is 4.79 Å². The summed E-state index contributed by atoms with van der Waals surface area (Å²) in [5, 5.41) is 2.71. The van der Waals surface area contributed by atoms with Crippen molar-refractivity contribution in [2.75, 3.05) is 6.61 Å². The highest BCUT2D eigenvalue weighted by atomic mass is 79.9. The maximum atomic E-state index is 15.1. The van der Waals surface area contributed by atoms with E-state index in [1.54, 1.807) is 26.8 Å². The van der Waals surface area contributed by atoms with Gasteiger partial charge in [0.05, 0.1) is 12.2 Å². The number of nitrogens with one attached hydrogen (secondary N) is 1. The number of ether oxygens (including phenoxy) is 2. The van der Waals surface area contributed by atoms with Crippen LogP contribution in [0.5, 0.6) is 5.75 Å². The van der Waals surface area contributed by atoms with E-state index in [0.29, 0.717) is 12.2 Å². The minimum atomic E-state index is -0.813. The van der Waals surface area contributed by atoms with Crippen molar-refractivity contribution in [3.05, 3.63) is 63.4 Å². The Labute approximate surface area is 182 Å². The molecule has 1 atom stereocenters. The Bertz CT molecular complexity index is 1100. The molecule has 156 valence electrons. The Hall–Kier alpha value is -2.41. The monoisotopic (exact) mass is 472 g/mol. The molecule has 0 aromatic heterocycles. The Morgan fingerprint density at radius 3 is 2.70 bits per heavy atom. The first-order chi connectivity index (χ1) is 14.2. The number of hydrogen-bond acceptors (Lipinski definition) is 4. The molecule has 1 amide bonds. The van der Waals surface area contributed by atoms with E-state index in [2.05, 4.69) is 21.2 Å². The maximum Gasteiger partial charge on any atom is 0.413 e. The standard InChI is InChI=1S/C23H22BrFN2O3/c1-21(2,3)30-20(28)26-19-18-14(5-4-6-16(18)25)23(27-19)15-11-13(24)7-8-17(15)29-12-22(23)9-10-22/h4-8,11H,9-10,12H2,1-3H3,(H,26,27,28). The second-order valence-corrected chi connectivity index (χ2v) is 10.1. The molecule has 2 spiro atoms. The second-order valence-electron chi connectivity index (χ2n) is 9.17. The van der Waals surface area contributed by atoms with E-state index in [4.69, 9.17) is 14.5 Å². The normalized spacial score (nSPS) is 22.8. The van der Waals surface area contributed by atoms with Crippen LogP contribution in [0.3, 0.4) is 0 Å². The van der Waals surface area contributed by atoms with Gasteiger partial charge in [-0.25, -0.2) is 9.18 Å². The second kappa shape index (κ2) is 6.30. The van der Waals surface area contributed by atoms with Crippen molar-refractivity contribution >= 4 is 27.9 Å². The molecule has 2 aliphatic heterocycles. The van der Waals surface area contributed by atoms with E-state index in [1.807, 2.05) is 24.3 Å². The fraction of sp³-hybridized carbons (Fsp3) is 0.391. The van der Waals surface area contributed by atoms with E-state index < -0.39 is 23.1 Å². The number of fused-ring (bicyclic) bond motifs is 5. The zero-order valence-corrected chi connectivity index (χ0v) is 18.6. The Morgan fingerprint density at radius 2 is 2.00 bits per heavy atom. The van der Waals surface area contributed by atoms with Crippen LogP contribution in [0.25, 0.3) is 0 Å². The number of aliphatic imine (C=N–C) groups is 1. The molecule has 1 N–H and O–H groups in total. The molecule has 5 rings (SSSR count). The van der Waals surface area contributed by atoms with E-state index >= 15 is 4.39 Å². The average molecular weight is 473 g/mol. The number of amidine groups is 1. The lowest BCUT2D eigenvalue weighted by molar-refractivity contribution is 0.0563. The summed E-state index contributed by atoms with van der Waals surface area (Å²) in [7, 11) is 0. The molecule has 1 saturated carbocycles. The first-order valence-corrected chi connectivity index (χ1v) is 10.8. The van der Waals surface area contributed by atoms with E-state index in [-0.39, 0.29) is 11.3 Å². The lowest BCUT2D eigenvalue weighted by Gasteiger charge is -2.42. The summed E-state index contributed by atoms with van der Waals surface area (Å²) in [6, 6.07) is 10.8. The van der Waals surface area contributed by atoms with Crippen LogP contribution in [0, 0.1) is 11.2 Å². The predicted molar refractivity (Wildman–Crippen MR) is 114 cm³/mol.